The van der Waals surface area contributed by atoms with Gasteiger partial charge in [-0.25, -0.2) is 4.98 Å². The van der Waals surface area contributed by atoms with Crippen molar-refractivity contribution in [2.75, 3.05) is 10.5 Å². The first kappa shape index (κ1) is 25.6. The van der Waals surface area contributed by atoms with Gasteiger partial charge in [0.15, 0.2) is 17.3 Å². The van der Waals surface area contributed by atoms with E-state index in [2.05, 4.69) is 20.9 Å². The molecule has 0 saturated heterocycles. The molecule has 4 aromatic rings. The fraction of sp³-hybridized carbons (Fsp3) is 0.182. The fourth-order valence-corrected chi connectivity index (χ4v) is 4.95. The highest BCUT2D eigenvalue weighted by Gasteiger charge is 2.46. The molecule has 9 nitrogen and oxygen atoms in total. The number of primary amides is 1. The van der Waals surface area contributed by atoms with Gasteiger partial charge in [0.1, 0.15) is 11.4 Å². The maximum Gasteiger partial charge on any atom is 0.516 e. The fourth-order valence-electron chi connectivity index (χ4n) is 3.76. The lowest BCUT2D eigenvalue weighted by Gasteiger charge is -2.13. The number of carbonyl (C=O) groups excluding carboxylic acids is 1. The van der Waals surface area contributed by atoms with Crippen molar-refractivity contribution in [3.8, 4) is 11.3 Å². The van der Waals surface area contributed by atoms with E-state index < -0.39 is 21.4 Å². The molecule has 2 aromatic heterocycles. The average Bonchev–Trinajstić information content (AvgIpc) is 3.29. The molecule has 0 aliphatic carbocycles. The van der Waals surface area contributed by atoms with Gasteiger partial charge in [0.05, 0.1) is 10.2 Å². The Morgan fingerprint density at radius 2 is 1.92 bits per heavy atom. The molecule has 0 saturated carbocycles. The zero-order chi connectivity index (χ0) is 26.4. The maximum atomic E-state index is 12.9. The molecular formula is C22H19BrF3N5O4S. The maximum absolute atomic E-state index is 12.9. The normalized spacial score (nSPS) is 12.2. The van der Waals surface area contributed by atoms with Gasteiger partial charge in [0.2, 0.25) is 0 Å². The Balaban J connectivity index is 1.77. The molecule has 1 amide bonds. The third-order valence-corrected chi connectivity index (χ3v) is 7.26. The molecule has 2 aromatic carbocycles. The van der Waals surface area contributed by atoms with Crippen LogP contribution in [0.15, 0.2) is 51.4 Å². The summed E-state index contributed by atoms with van der Waals surface area (Å²) in [5.41, 5.74) is 6.87. The summed E-state index contributed by atoms with van der Waals surface area (Å²) in [5, 5.41) is 0.572. The van der Waals surface area contributed by atoms with Crippen LogP contribution >= 0.6 is 15.9 Å². The molecule has 0 aliphatic heterocycles. The van der Waals surface area contributed by atoms with Gasteiger partial charge < -0.3 is 20.5 Å². The number of nitrogen functional groups attached to an aromatic ring is 1. The second kappa shape index (κ2) is 9.17. The predicted molar refractivity (Wildman–Crippen MR) is 132 cm³/mol. The number of hydrogen-bond acceptors (Lipinski definition) is 6. The first-order chi connectivity index (χ1) is 16.8. The van der Waals surface area contributed by atoms with E-state index in [1.807, 2.05) is 6.92 Å². The molecule has 0 radical (unpaired) electrons. The van der Waals surface area contributed by atoms with E-state index in [-0.39, 0.29) is 35.1 Å². The smallest absolute Gasteiger partial charge is 0.455 e. The molecule has 4 rings (SSSR count). The van der Waals surface area contributed by atoms with Gasteiger partial charge in [-0.1, -0.05) is 25.1 Å². The quantitative estimate of drug-likeness (QED) is 0.288. The van der Waals surface area contributed by atoms with Crippen LogP contribution in [0.2, 0.25) is 0 Å². The average molecular weight is 586 g/mol. The van der Waals surface area contributed by atoms with Crippen molar-refractivity contribution in [3.05, 3.63) is 64.0 Å². The Bertz CT molecular complexity index is 1600. The summed E-state index contributed by atoms with van der Waals surface area (Å²) in [6.07, 6.45) is 0.504. The van der Waals surface area contributed by atoms with Crippen LogP contribution in [-0.4, -0.2) is 29.4 Å². The van der Waals surface area contributed by atoms with Crippen molar-refractivity contribution in [1.29, 1.82) is 0 Å². The lowest BCUT2D eigenvalue weighted by Crippen LogP contribution is -2.30. The molecule has 0 bridgehead atoms. The number of halogens is 4. The Morgan fingerprint density at radius 1 is 1.22 bits per heavy atom. The number of sulfonamides is 1. The van der Waals surface area contributed by atoms with Crippen molar-refractivity contribution in [3.63, 3.8) is 0 Å². The van der Waals surface area contributed by atoms with Crippen molar-refractivity contribution in [2.45, 2.75) is 25.4 Å². The highest BCUT2D eigenvalue weighted by atomic mass is 79.9. The number of benzene rings is 2. The van der Waals surface area contributed by atoms with Crippen molar-refractivity contribution in [1.82, 2.24) is 9.55 Å². The minimum Gasteiger partial charge on any atom is -0.455 e. The van der Waals surface area contributed by atoms with Crippen LogP contribution in [0.25, 0.3) is 22.3 Å². The molecule has 0 aliphatic rings. The number of aromatic nitrogens is 2. The number of nitrogens with two attached hydrogens (primary N) is 2. The van der Waals surface area contributed by atoms with E-state index in [1.165, 1.54) is 24.3 Å². The number of aryl methyl sites for hydroxylation is 1. The first-order valence-corrected chi connectivity index (χ1v) is 12.7. The molecule has 2 heterocycles. The van der Waals surface area contributed by atoms with Crippen LogP contribution < -0.4 is 16.2 Å². The van der Waals surface area contributed by atoms with Crippen LogP contribution in [0.1, 0.15) is 28.8 Å². The van der Waals surface area contributed by atoms with E-state index in [1.54, 1.807) is 27.5 Å². The summed E-state index contributed by atoms with van der Waals surface area (Å²) in [6.45, 7) is 2.08. The van der Waals surface area contributed by atoms with Crippen molar-refractivity contribution >= 4 is 54.3 Å². The zero-order valence-corrected chi connectivity index (χ0v) is 21.0. The van der Waals surface area contributed by atoms with Crippen LogP contribution in [0.5, 0.6) is 0 Å². The van der Waals surface area contributed by atoms with E-state index in [0.717, 1.165) is 5.56 Å². The number of nitrogens with one attached hydrogen (secondary N) is 1. The summed E-state index contributed by atoms with van der Waals surface area (Å²) in [5.74, 6) is 0.0105. The zero-order valence-electron chi connectivity index (χ0n) is 18.6. The predicted octanol–water partition coefficient (Wildman–Crippen LogP) is 4.61. The third-order valence-electron chi connectivity index (χ3n) is 5.38. The van der Waals surface area contributed by atoms with Gasteiger partial charge in [-0.2, -0.15) is 21.6 Å². The molecule has 0 atom stereocenters. The number of hydrogen-bond donors (Lipinski definition) is 3. The Hall–Kier alpha value is -3.52. The third kappa shape index (κ3) is 4.53. The number of furan rings is 1. The Labute approximate surface area is 211 Å². The molecule has 36 heavy (non-hydrogen) atoms. The van der Waals surface area contributed by atoms with Gasteiger partial charge in [0, 0.05) is 23.9 Å². The van der Waals surface area contributed by atoms with E-state index >= 15 is 0 Å². The van der Waals surface area contributed by atoms with Crippen LogP contribution in [-0.2, 0) is 23.0 Å². The second-order valence-corrected chi connectivity index (χ2v) is 10.2. The summed E-state index contributed by atoms with van der Waals surface area (Å²) in [7, 11) is -5.64. The standard InChI is InChI=1S/C22H19BrF3N5O4S/c1-2-16-29-20(27)18(21(28)32)31(16)10-11-7-8-15-13(9-11)17(23)19(35-15)12-5-3-4-6-14(12)30-36(33,34)22(24,25)26/h3-9,30H,2,10,27H2,1H3,(H2,28,32). The SMILES string of the molecule is CCc1nc(N)c(C(N)=O)n1Cc1ccc2oc(-c3ccccc3NS(=O)(=O)C(F)(F)F)c(Br)c2c1. The largest absolute Gasteiger partial charge is 0.516 e. The van der Waals surface area contributed by atoms with E-state index in [0.29, 0.717) is 27.7 Å². The summed E-state index contributed by atoms with van der Waals surface area (Å²) >= 11 is 3.42. The summed E-state index contributed by atoms with van der Waals surface area (Å²) < 4.78 is 71.6. The number of nitrogens with zero attached hydrogens (tertiary/aromatic N) is 2. The van der Waals surface area contributed by atoms with Crippen molar-refractivity contribution < 1.29 is 30.8 Å². The molecule has 5 N–H and O–H groups in total. The van der Waals surface area contributed by atoms with E-state index in [9.17, 15) is 26.4 Å². The number of rotatable bonds is 7. The van der Waals surface area contributed by atoms with Crippen molar-refractivity contribution in [2.24, 2.45) is 5.73 Å². The van der Waals surface area contributed by atoms with Crippen LogP contribution in [0.3, 0.4) is 0 Å². The molecule has 0 fully saturated rings. The topological polar surface area (TPSA) is 146 Å². The number of amides is 1. The van der Waals surface area contributed by atoms with Gasteiger partial charge >= 0.3 is 15.5 Å². The number of fused-ring (bicyclic) bond motifs is 1. The molecule has 0 spiro atoms. The first-order valence-electron chi connectivity index (χ1n) is 10.4. The number of imidazole rings is 1. The van der Waals surface area contributed by atoms with Gasteiger partial charge in [0.25, 0.3) is 5.91 Å². The van der Waals surface area contributed by atoms with Gasteiger partial charge in [-0.3, -0.25) is 9.52 Å². The summed E-state index contributed by atoms with van der Waals surface area (Å²) in [6, 6.07) is 10.7. The lowest BCUT2D eigenvalue weighted by molar-refractivity contribution is -0.0429. The van der Waals surface area contributed by atoms with Crippen LogP contribution in [0, 0.1) is 0 Å². The van der Waals surface area contributed by atoms with Crippen LogP contribution in [0.4, 0.5) is 24.7 Å². The molecule has 0 unspecified atom stereocenters. The minimum atomic E-state index is -5.64. The monoisotopic (exact) mass is 585 g/mol. The minimum absolute atomic E-state index is 0.0325. The Kier molecular flexibility index (Phi) is 6.51. The number of alkyl halides is 3. The molecule has 190 valence electrons. The van der Waals surface area contributed by atoms with Gasteiger partial charge in [-0.15, -0.1) is 0 Å². The molecule has 14 heteroatoms. The Morgan fingerprint density at radius 3 is 2.56 bits per heavy atom. The van der Waals surface area contributed by atoms with E-state index in [4.69, 9.17) is 15.9 Å². The number of para-hydroxylation sites is 1. The second-order valence-electron chi connectivity index (χ2n) is 7.74. The molecular weight excluding hydrogens is 567 g/mol. The lowest BCUT2D eigenvalue weighted by atomic mass is 10.1. The highest BCUT2D eigenvalue weighted by molar-refractivity contribution is 9.10. The number of anilines is 2. The number of carbonyl (C=O) groups is 1. The van der Waals surface area contributed by atoms with Gasteiger partial charge in [-0.05, 0) is 45.8 Å². The highest BCUT2D eigenvalue weighted by Crippen LogP contribution is 2.42. The summed E-state index contributed by atoms with van der Waals surface area (Å²) in [4.78, 5) is 16.1.